The van der Waals surface area contributed by atoms with Gasteiger partial charge in [-0.05, 0) is 22.9 Å². The average Bonchev–Trinajstić information content (AvgIpc) is 2.47. The lowest BCUT2D eigenvalue weighted by Crippen LogP contribution is -2.25. The van der Waals surface area contributed by atoms with Crippen LogP contribution in [0.4, 0.5) is 0 Å². The van der Waals surface area contributed by atoms with E-state index in [-0.39, 0.29) is 0 Å². The first-order chi connectivity index (χ1) is 9.34. The van der Waals surface area contributed by atoms with Crippen molar-refractivity contribution in [3.63, 3.8) is 0 Å². The number of aromatic nitrogens is 1. The molecule has 0 aliphatic carbocycles. The number of nitrogens with zero attached hydrogens (tertiary/aromatic N) is 1. The molecule has 1 heteroatoms. The highest BCUT2D eigenvalue weighted by Crippen LogP contribution is 2.26. The van der Waals surface area contributed by atoms with E-state index in [1.807, 2.05) is 0 Å². The Hall–Kier alpha value is -2.41. The number of hydrogen-bond acceptors (Lipinski definition) is 0. The van der Waals surface area contributed by atoms with Crippen LogP contribution in [0.1, 0.15) is 5.69 Å². The van der Waals surface area contributed by atoms with Gasteiger partial charge in [-0.2, -0.15) is 4.40 Å². The molecule has 0 fully saturated rings. The summed E-state index contributed by atoms with van der Waals surface area (Å²) in [4.78, 5) is 0. The Morgan fingerprint density at radius 3 is 2.53 bits per heavy atom. The van der Waals surface area contributed by atoms with Gasteiger partial charge in [-0.25, -0.2) is 0 Å². The van der Waals surface area contributed by atoms with Crippen LogP contribution in [0.25, 0.3) is 27.1 Å². The molecule has 4 aromatic rings. The van der Waals surface area contributed by atoms with Crippen molar-refractivity contribution in [2.45, 2.75) is 6.92 Å². The zero-order valence-corrected chi connectivity index (χ0v) is 10.8. The van der Waals surface area contributed by atoms with Crippen LogP contribution in [0.15, 0.2) is 66.9 Å². The molecule has 2 aromatic heterocycles. The average molecular weight is 244 g/mol. The van der Waals surface area contributed by atoms with E-state index in [2.05, 4.69) is 78.2 Å². The summed E-state index contributed by atoms with van der Waals surface area (Å²) < 4.78 is 2.25. The van der Waals surface area contributed by atoms with Crippen LogP contribution in [-0.4, -0.2) is 0 Å². The van der Waals surface area contributed by atoms with Gasteiger partial charge in [-0.1, -0.05) is 30.3 Å². The normalized spacial score (nSPS) is 11.4. The van der Waals surface area contributed by atoms with E-state index in [0.717, 1.165) is 0 Å². The van der Waals surface area contributed by atoms with Crippen molar-refractivity contribution < 1.29 is 4.40 Å². The van der Waals surface area contributed by atoms with Gasteiger partial charge in [0.2, 0.25) is 5.52 Å². The summed E-state index contributed by atoms with van der Waals surface area (Å²) in [7, 11) is 0. The lowest BCUT2D eigenvalue weighted by atomic mass is 10.0. The molecule has 0 saturated carbocycles. The van der Waals surface area contributed by atoms with E-state index in [9.17, 15) is 0 Å². The van der Waals surface area contributed by atoms with Gasteiger partial charge < -0.3 is 0 Å². The van der Waals surface area contributed by atoms with Crippen molar-refractivity contribution in [3.05, 3.63) is 72.6 Å². The molecule has 0 radical (unpaired) electrons. The number of benzene rings is 2. The van der Waals surface area contributed by atoms with E-state index in [1.165, 1.54) is 32.8 Å². The van der Waals surface area contributed by atoms with E-state index in [1.54, 1.807) is 0 Å². The summed E-state index contributed by atoms with van der Waals surface area (Å²) in [5.74, 6) is 0. The van der Waals surface area contributed by atoms with Gasteiger partial charge in [-0.15, -0.1) is 0 Å². The maximum Gasteiger partial charge on any atom is 0.211 e. The number of fused-ring (bicyclic) bond motifs is 4. The monoisotopic (exact) mass is 244 g/mol. The van der Waals surface area contributed by atoms with E-state index in [4.69, 9.17) is 0 Å². The Kier molecular flexibility index (Phi) is 2.10. The van der Waals surface area contributed by atoms with Gasteiger partial charge in [0.05, 0.1) is 0 Å². The fraction of sp³-hybridized carbons (Fsp3) is 0.0556. The summed E-state index contributed by atoms with van der Waals surface area (Å²) in [6.07, 6.45) is 2.12. The Labute approximate surface area is 111 Å². The summed E-state index contributed by atoms with van der Waals surface area (Å²) in [6.45, 7) is 2.18. The molecule has 1 nitrogen and oxygen atoms in total. The smallest absolute Gasteiger partial charge is 0.164 e. The van der Waals surface area contributed by atoms with Gasteiger partial charge in [0.25, 0.3) is 0 Å². The summed E-state index contributed by atoms with van der Waals surface area (Å²) in [5, 5.41) is 5.29. The standard InChI is InChI=1S/C18H14N/c1-13-16-10-9-14-6-2-3-8-17(14)18(16)12-15-7-4-5-11-19(13)15/h2-12H,1H3/q+1. The molecule has 2 heterocycles. The third-order valence-electron chi connectivity index (χ3n) is 3.91. The number of pyridine rings is 2. The van der Waals surface area contributed by atoms with Crippen molar-refractivity contribution >= 4 is 27.1 Å². The summed E-state index contributed by atoms with van der Waals surface area (Å²) >= 11 is 0. The summed E-state index contributed by atoms with van der Waals surface area (Å²) in [6, 6.07) is 21.6. The molecule has 0 amide bonds. The minimum atomic E-state index is 1.24. The molecule has 0 unspecified atom stereocenters. The van der Waals surface area contributed by atoms with E-state index in [0.29, 0.717) is 0 Å². The Balaban J connectivity index is 2.32. The van der Waals surface area contributed by atoms with Crippen molar-refractivity contribution in [1.29, 1.82) is 0 Å². The summed E-state index contributed by atoms with van der Waals surface area (Å²) in [5.41, 5.74) is 2.53. The molecule has 0 aliphatic rings. The second kappa shape index (κ2) is 3.79. The Morgan fingerprint density at radius 1 is 0.737 bits per heavy atom. The Morgan fingerprint density at radius 2 is 1.58 bits per heavy atom. The predicted molar refractivity (Wildman–Crippen MR) is 79.4 cm³/mol. The van der Waals surface area contributed by atoms with Crippen molar-refractivity contribution in [2.24, 2.45) is 0 Å². The fourth-order valence-corrected chi connectivity index (χ4v) is 2.92. The molecule has 90 valence electrons. The predicted octanol–water partition coefficient (Wildman–Crippen LogP) is 4.04. The van der Waals surface area contributed by atoms with Crippen molar-refractivity contribution in [2.75, 3.05) is 0 Å². The van der Waals surface area contributed by atoms with Gasteiger partial charge in [0.15, 0.2) is 11.9 Å². The van der Waals surface area contributed by atoms with Crippen molar-refractivity contribution in [1.82, 2.24) is 0 Å². The largest absolute Gasteiger partial charge is 0.211 e. The molecule has 2 aromatic carbocycles. The Bertz CT molecular complexity index is 922. The first-order valence-electron chi connectivity index (χ1n) is 6.56. The molecule has 0 bridgehead atoms. The highest BCUT2D eigenvalue weighted by molar-refractivity contribution is 6.08. The van der Waals surface area contributed by atoms with E-state index >= 15 is 0 Å². The number of aryl methyl sites for hydroxylation is 1. The van der Waals surface area contributed by atoms with Crippen LogP contribution < -0.4 is 4.40 Å². The number of rotatable bonds is 0. The third-order valence-corrected chi connectivity index (χ3v) is 3.91. The first-order valence-corrected chi connectivity index (χ1v) is 6.56. The third kappa shape index (κ3) is 1.45. The van der Waals surface area contributed by atoms with Crippen LogP contribution in [0.5, 0.6) is 0 Å². The maximum absolute atomic E-state index is 2.28. The molecule has 0 aliphatic heterocycles. The first kappa shape index (κ1) is 10.5. The molecule has 19 heavy (non-hydrogen) atoms. The quantitative estimate of drug-likeness (QED) is 0.250. The minimum Gasteiger partial charge on any atom is -0.164 e. The van der Waals surface area contributed by atoms with Gasteiger partial charge >= 0.3 is 0 Å². The highest BCUT2D eigenvalue weighted by atomic mass is 14.9. The van der Waals surface area contributed by atoms with E-state index < -0.39 is 0 Å². The molecule has 4 rings (SSSR count). The molecule has 0 saturated heterocycles. The van der Waals surface area contributed by atoms with Crippen LogP contribution in [0.2, 0.25) is 0 Å². The fourth-order valence-electron chi connectivity index (χ4n) is 2.92. The zero-order valence-electron chi connectivity index (χ0n) is 10.8. The lowest BCUT2D eigenvalue weighted by Gasteiger charge is -2.05. The lowest BCUT2D eigenvalue weighted by molar-refractivity contribution is -0.518. The van der Waals surface area contributed by atoms with Gasteiger partial charge in [0, 0.05) is 35.9 Å². The van der Waals surface area contributed by atoms with Crippen LogP contribution in [0.3, 0.4) is 0 Å². The van der Waals surface area contributed by atoms with Crippen LogP contribution >= 0.6 is 0 Å². The topological polar surface area (TPSA) is 4.10 Å². The SMILES string of the molecule is Cc1c2ccc3ccccc3c2cc2cccc[n+]12. The zero-order chi connectivity index (χ0) is 12.8. The molecule has 0 N–H and O–H groups in total. The van der Waals surface area contributed by atoms with Crippen molar-refractivity contribution in [3.8, 4) is 0 Å². The minimum absolute atomic E-state index is 1.24. The van der Waals surface area contributed by atoms with Gasteiger partial charge in [0.1, 0.15) is 0 Å². The van der Waals surface area contributed by atoms with Crippen LogP contribution in [0, 0.1) is 6.92 Å². The second-order valence-electron chi connectivity index (χ2n) is 4.97. The molecule has 0 spiro atoms. The molecular formula is C18H14N+. The molecular weight excluding hydrogens is 230 g/mol. The van der Waals surface area contributed by atoms with Gasteiger partial charge in [-0.3, -0.25) is 0 Å². The maximum atomic E-state index is 2.28. The second-order valence-corrected chi connectivity index (χ2v) is 4.97. The molecule has 0 atom stereocenters. The number of hydrogen-bond donors (Lipinski definition) is 0. The van der Waals surface area contributed by atoms with Crippen LogP contribution in [-0.2, 0) is 0 Å². The highest BCUT2D eigenvalue weighted by Gasteiger charge is 2.12.